The summed E-state index contributed by atoms with van der Waals surface area (Å²) >= 11 is 0. The molecule has 0 aliphatic carbocycles. The van der Waals surface area contributed by atoms with E-state index in [-0.39, 0.29) is 0 Å². The van der Waals surface area contributed by atoms with Crippen molar-refractivity contribution in [1.29, 1.82) is 0 Å². The minimum atomic E-state index is 0.606. The minimum absolute atomic E-state index is 0.606. The van der Waals surface area contributed by atoms with Gasteiger partial charge in [0.05, 0.1) is 0 Å². The van der Waals surface area contributed by atoms with Crippen molar-refractivity contribution in [2.75, 3.05) is 0 Å². The SMILES string of the molecule is c1ccc(-c2nc(-c3ccc4oc5ccccc5c4c3)nc(-c3ccccc3-c3cc4ccc5cccc6c7cccc8ccc9cccc(c(c3)c4c56)c9c87)n2)cc1. The molecule has 4 nitrogen and oxygen atoms in total. The van der Waals surface area contributed by atoms with E-state index < -0.39 is 0 Å². The van der Waals surface area contributed by atoms with Gasteiger partial charge in [-0.15, -0.1) is 0 Å². The Bertz CT molecular complexity index is 3840. The van der Waals surface area contributed by atoms with E-state index in [1.165, 1.54) is 64.6 Å². The molecule has 4 heteroatoms. The summed E-state index contributed by atoms with van der Waals surface area (Å²) in [4.78, 5) is 15.6. The van der Waals surface area contributed by atoms with Crippen LogP contribution in [0.1, 0.15) is 0 Å². The average molecular weight is 750 g/mol. The molecule has 0 N–H and O–H groups in total. The van der Waals surface area contributed by atoms with E-state index >= 15 is 0 Å². The number of fused-ring (bicyclic) bond motifs is 5. The molecule has 0 unspecified atom stereocenters. The molecule has 2 heterocycles. The lowest BCUT2D eigenvalue weighted by Crippen LogP contribution is -2.01. The quantitative estimate of drug-likeness (QED) is 0.168. The maximum Gasteiger partial charge on any atom is 0.164 e. The summed E-state index contributed by atoms with van der Waals surface area (Å²) in [5, 5.41) is 17.2. The molecule has 13 rings (SSSR count). The van der Waals surface area contributed by atoms with Crippen LogP contribution in [-0.2, 0) is 0 Å². The molecule has 0 saturated carbocycles. The van der Waals surface area contributed by atoms with Crippen molar-refractivity contribution in [2.45, 2.75) is 0 Å². The third-order valence-corrected chi connectivity index (χ3v) is 12.2. The van der Waals surface area contributed by atoms with E-state index in [4.69, 9.17) is 19.4 Å². The van der Waals surface area contributed by atoms with Crippen LogP contribution < -0.4 is 0 Å². The fraction of sp³-hybridized carbons (Fsp3) is 0. The molecule has 0 bridgehead atoms. The molecule has 0 aliphatic rings. The number of nitrogens with zero attached hydrogens (tertiary/aromatic N) is 3. The molecule has 0 atom stereocenters. The molecule has 0 amide bonds. The van der Waals surface area contributed by atoms with E-state index in [2.05, 4.69) is 140 Å². The first-order valence-electron chi connectivity index (χ1n) is 20.0. The number of benzene rings is 10. The van der Waals surface area contributed by atoms with Crippen molar-refractivity contribution in [2.24, 2.45) is 0 Å². The van der Waals surface area contributed by atoms with Gasteiger partial charge in [-0.1, -0.05) is 152 Å². The van der Waals surface area contributed by atoms with Crippen LogP contribution in [0.3, 0.4) is 0 Å². The fourth-order valence-electron chi connectivity index (χ4n) is 9.58. The van der Waals surface area contributed by atoms with E-state index in [9.17, 15) is 0 Å². The summed E-state index contributed by atoms with van der Waals surface area (Å²) in [6.45, 7) is 0. The van der Waals surface area contributed by atoms with Crippen LogP contribution in [0.2, 0.25) is 0 Å². The van der Waals surface area contributed by atoms with Crippen LogP contribution in [-0.4, -0.2) is 15.0 Å². The van der Waals surface area contributed by atoms with E-state index in [0.717, 1.165) is 49.8 Å². The first-order chi connectivity index (χ1) is 29.2. The van der Waals surface area contributed by atoms with Gasteiger partial charge in [-0.2, -0.15) is 0 Å². The summed E-state index contributed by atoms with van der Waals surface area (Å²) < 4.78 is 6.18. The van der Waals surface area contributed by atoms with Crippen LogP contribution in [0.5, 0.6) is 0 Å². The Balaban J connectivity index is 1.10. The molecular weight excluding hydrogens is 719 g/mol. The zero-order valence-electron chi connectivity index (χ0n) is 31.6. The Morgan fingerprint density at radius 3 is 1.49 bits per heavy atom. The van der Waals surface area contributed by atoms with Gasteiger partial charge in [0.15, 0.2) is 17.5 Å². The average Bonchev–Trinajstić information content (AvgIpc) is 3.68. The minimum Gasteiger partial charge on any atom is -0.456 e. The Kier molecular flexibility index (Phi) is 6.69. The highest BCUT2D eigenvalue weighted by atomic mass is 16.3. The van der Waals surface area contributed by atoms with Gasteiger partial charge in [-0.3, -0.25) is 0 Å². The van der Waals surface area contributed by atoms with Gasteiger partial charge < -0.3 is 4.42 Å². The van der Waals surface area contributed by atoms with Gasteiger partial charge in [0.2, 0.25) is 0 Å². The molecule has 0 radical (unpaired) electrons. The second-order valence-corrected chi connectivity index (χ2v) is 15.5. The number of hydrogen-bond acceptors (Lipinski definition) is 4. The summed E-state index contributed by atoms with van der Waals surface area (Å²) in [7, 11) is 0. The maximum atomic E-state index is 6.18. The Morgan fingerprint density at radius 2 is 0.780 bits per heavy atom. The van der Waals surface area contributed by atoms with E-state index in [1.54, 1.807) is 0 Å². The third-order valence-electron chi connectivity index (χ3n) is 12.2. The summed E-state index contributed by atoms with van der Waals surface area (Å²) in [6.07, 6.45) is 0. The monoisotopic (exact) mass is 749 g/mol. The molecule has 0 spiro atoms. The topological polar surface area (TPSA) is 51.8 Å². The first kappa shape index (κ1) is 32.2. The number of furan rings is 1. The maximum absolute atomic E-state index is 6.18. The molecule has 272 valence electrons. The second-order valence-electron chi connectivity index (χ2n) is 15.5. The van der Waals surface area contributed by atoms with Gasteiger partial charge in [0, 0.05) is 27.5 Å². The smallest absolute Gasteiger partial charge is 0.164 e. The zero-order valence-corrected chi connectivity index (χ0v) is 31.6. The van der Waals surface area contributed by atoms with Crippen LogP contribution in [0.4, 0.5) is 0 Å². The summed E-state index contributed by atoms with van der Waals surface area (Å²) in [6, 6.07) is 67.1. The molecule has 0 saturated heterocycles. The van der Waals surface area contributed by atoms with Gasteiger partial charge >= 0.3 is 0 Å². The van der Waals surface area contributed by atoms with Crippen LogP contribution in [0.15, 0.2) is 192 Å². The fourth-order valence-corrected chi connectivity index (χ4v) is 9.58. The van der Waals surface area contributed by atoms with Crippen LogP contribution in [0, 0.1) is 0 Å². The molecule has 2 aromatic heterocycles. The molecule has 11 aromatic carbocycles. The number of rotatable bonds is 4. The van der Waals surface area contributed by atoms with Crippen molar-refractivity contribution in [3.63, 3.8) is 0 Å². The second kappa shape index (κ2) is 12.3. The normalized spacial score (nSPS) is 12.1. The lowest BCUT2D eigenvalue weighted by atomic mass is 9.86. The summed E-state index contributed by atoms with van der Waals surface area (Å²) in [5.74, 6) is 1.84. The third kappa shape index (κ3) is 4.81. The van der Waals surface area contributed by atoms with Crippen molar-refractivity contribution < 1.29 is 4.42 Å². The van der Waals surface area contributed by atoms with Crippen molar-refractivity contribution in [1.82, 2.24) is 15.0 Å². The Morgan fingerprint density at radius 1 is 0.271 bits per heavy atom. The predicted octanol–water partition coefficient (Wildman–Crippen LogP) is 14.8. The number of aromatic nitrogens is 3. The first-order valence-corrected chi connectivity index (χ1v) is 20.0. The molecule has 0 aliphatic heterocycles. The Hall–Kier alpha value is -7.95. The highest BCUT2D eigenvalue weighted by Crippen LogP contribution is 2.45. The molecule has 0 fully saturated rings. The highest BCUT2D eigenvalue weighted by Gasteiger charge is 2.20. The van der Waals surface area contributed by atoms with Crippen molar-refractivity contribution in [3.05, 3.63) is 188 Å². The lowest BCUT2D eigenvalue weighted by Gasteiger charge is -2.18. The highest BCUT2D eigenvalue weighted by molar-refractivity contribution is 6.37. The lowest BCUT2D eigenvalue weighted by molar-refractivity contribution is 0.669. The van der Waals surface area contributed by atoms with Gasteiger partial charge in [-0.25, -0.2) is 15.0 Å². The standard InChI is InChI=1S/C55H31N3O/c1-2-11-35(12-3-1)53-56-54(37-27-28-48-45(30-37)40-17-6-7-22-47(40)59-48)58-55(57-53)44-18-5-4-16-39(44)38-29-36-26-25-34-14-9-20-42-41-19-8-13-32-23-24-33-15-10-21-43(51(33)49(32)41)46(31-38)52(36)50(34)42/h1-31H. The molecule has 13 aromatic rings. The summed E-state index contributed by atoms with van der Waals surface area (Å²) in [5.41, 5.74) is 6.61. The zero-order chi connectivity index (χ0) is 38.6. The van der Waals surface area contributed by atoms with Gasteiger partial charge in [-0.05, 0) is 112 Å². The largest absolute Gasteiger partial charge is 0.456 e. The van der Waals surface area contributed by atoms with Crippen molar-refractivity contribution in [3.8, 4) is 45.3 Å². The van der Waals surface area contributed by atoms with Crippen molar-refractivity contribution >= 4 is 86.6 Å². The van der Waals surface area contributed by atoms with E-state index in [1.807, 2.05) is 48.5 Å². The Labute approximate surface area is 338 Å². The predicted molar refractivity (Wildman–Crippen MR) is 245 cm³/mol. The number of hydrogen-bond donors (Lipinski definition) is 0. The van der Waals surface area contributed by atoms with Crippen LogP contribution >= 0.6 is 0 Å². The van der Waals surface area contributed by atoms with Gasteiger partial charge in [0.25, 0.3) is 0 Å². The number of para-hydroxylation sites is 1. The van der Waals surface area contributed by atoms with E-state index in [0.29, 0.717) is 17.5 Å². The molecule has 59 heavy (non-hydrogen) atoms. The van der Waals surface area contributed by atoms with Gasteiger partial charge in [0.1, 0.15) is 11.2 Å². The molecular formula is C55H31N3O. The van der Waals surface area contributed by atoms with Crippen LogP contribution in [0.25, 0.3) is 132 Å².